The van der Waals surface area contributed by atoms with Gasteiger partial charge in [0.25, 0.3) is 0 Å². The minimum absolute atomic E-state index is 0.0383. The van der Waals surface area contributed by atoms with Crippen LogP contribution in [0, 0.1) is 5.82 Å². The normalized spacial score (nSPS) is 12.7. The van der Waals surface area contributed by atoms with Crippen molar-refractivity contribution >= 4 is 31.6 Å². The lowest BCUT2D eigenvalue weighted by Gasteiger charge is -2.36. The lowest BCUT2D eigenvalue weighted by atomic mass is 9.98. The number of anilines is 2. The Morgan fingerprint density at radius 2 is 1.82 bits per heavy atom. The monoisotopic (exact) mass is 571 g/mol. The number of hydrogen-bond acceptors (Lipinski definition) is 6. The Morgan fingerprint density at radius 3 is 2.45 bits per heavy atom. The van der Waals surface area contributed by atoms with Crippen LogP contribution in [0.5, 0.6) is 0 Å². The molecule has 1 N–H and O–H groups in total. The molecule has 3 aromatic rings. The topological polar surface area (TPSA) is 81.0 Å². The van der Waals surface area contributed by atoms with Crippen molar-refractivity contribution in [1.29, 1.82) is 0 Å². The highest BCUT2D eigenvalue weighted by molar-refractivity contribution is 6.74. The van der Waals surface area contributed by atoms with Gasteiger partial charge in [-0.15, -0.1) is 0 Å². The fourth-order valence-electron chi connectivity index (χ4n) is 3.95. The number of amides is 1. The molecule has 2 heterocycles. The summed E-state index contributed by atoms with van der Waals surface area (Å²) in [6.45, 7) is 21.8. The van der Waals surface area contributed by atoms with Crippen LogP contribution in [0.3, 0.4) is 0 Å². The van der Waals surface area contributed by atoms with E-state index in [1.54, 1.807) is 55.9 Å². The van der Waals surface area contributed by atoms with Crippen LogP contribution in [-0.4, -0.2) is 47.8 Å². The standard InChI is InChI=1S/C30H46FN5O3Si/c1-21(2)24-19-23(32-14-11-17-38-40(9,10)30(6,7)8)18-22(27(24)31)20-35(28(37)39-29(3,4)5)26-13-15-33-25-12-16-34-36(25)26/h12-13,15-16,18-19,21,32H,11,14,17,20H2,1-10H3. The molecule has 2 aromatic heterocycles. The van der Waals surface area contributed by atoms with Crippen molar-refractivity contribution in [2.75, 3.05) is 23.4 Å². The summed E-state index contributed by atoms with van der Waals surface area (Å²) < 4.78 is 29.4. The first-order chi connectivity index (χ1) is 18.5. The van der Waals surface area contributed by atoms with E-state index in [0.29, 0.717) is 35.7 Å². The van der Waals surface area contributed by atoms with E-state index in [-0.39, 0.29) is 23.3 Å². The second-order valence-corrected chi connectivity index (χ2v) is 17.9. The van der Waals surface area contributed by atoms with Crippen molar-refractivity contribution in [3.05, 3.63) is 53.6 Å². The first-order valence-electron chi connectivity index (χ1n) is 14.0. The van der Waals surface area contributed by atoms with Crippen LogP contribution in [0.15, 0.2) is 36.7 Å². The zero-order valence-electron chi connectivity index (χ0n) is 25.8. The Labute approximate surface area is 239 Å². The molecule has 220 valence electrons. The molecule has 40 heavy (non-hydrogen) atoms. The Kier molecular flexibility index (Phi) is 9.67. The SMILES string of the molecule is CC(C)c1cc(NCCCO[Si](C)(C)C(C)(C)C)cc(CN(C(=O)OC(C)(C)C)c2ccnc3ccnn23)c1F. The van der Waals surface area contributed by atoms with Gasteiger partial charge in [0.05, 0.1) is 12.7 Å². The molecule has 0 saturated carbocycles. The van der Waals surface area contributed by atoms with Gasteiger partial charge in [0.2, 0.25) is 0 Å². The predicted molar refractivity (Wildman–Crippen MR) is 162 cm³/mol. The average molecular weight is 572 g/mol. The van der Waals surface area contributed by atoms with Crippen LogP contribution in [0.25, 0.3) is 5.65 Å². The summed E-state index contributed by atoms with van der Waals surface area (Å²) >= 11 is 0. The van der Waals surface area contributed by atoms with Gasteiger partial charge in [-0.1, -0.05) is 34.6 Å². The molecule has 0 bridgehead atoms. The molecule has 0 spiro atoms. The van der Waals surface area contributed by atoms with E-state index >= 15 is 4.39 Å². The van der Waals surface area contributed by atoms with Gasteiger partial charge < -0.3 is 14.5 Å². The maximum absolute atomic E-state index is 15.9. The van der Waals surface area contributed by atoms with E-state index < -0.39 is 20.0 Å². The molecule has 0 atom stereocenters. The second-order valence-electron chi connectivity index (χ2n) is 13.1. The lowest BCUT2D eigenvalue weighted by Crippen LogP contribution is -2.41. The predicted octanol–water partition coefficient (Wildman–Crippen LogP) is 7.76. The largest absolute Gasteiger partial charge is 0.443 e. The summed E-state index contributed by atoms with van der Waals surface area (Å²) in [7, 11) is -1.81. The number of halogens is 1. The molecule has 8 nitrogen and oxygen atoms in total. The minimum atomic E-state index is -1.81. The van der Waals surface area contributed by atoms with Gasteiger partial charge in [-0.3, -0.25) is 4.90 Å². The van der Waals surface area contributed by atoms with Gasteiger partial charge in [-0.2, -0.15) is 9.61 Å². The van der Waals surface area contributed by atoms with Crippen molar-refractivity contribution in [2.45, 2.75) is 98.0 Å². The van der Waals surface area contributed by atoms with Gasteiger partial charge >= 0.3 is 6.09 Å². The minimum Gasteiger partial charge on any atom is -0.443 e. The lowest BCUT2D eigenvalue weighted by molar-refractivity contribution is 0.0575. The van der Waals surface area contributed by atoms with Gasteiger partial charge in [0.1, 0.15) is 17.2 Å². The Balaban J connectivity index is 1.88. The fraction of sp³-hybridized carbons (Fsp3) is 0.567. The molecule has 3 rings (SSSR count). The zero-order chi connectivity index (χ0) is 29.9. The first-order valence-corrected chi connectivity index (χ1v) is 16.9. The molecule has 1 aromatic carbocycles. The summed E-state index contributed by atoms with van der Waals surface area (Å²) in [6, 6.07) is 7.05. The van der Waals surface area contributed by atoms with Crippen LogP contribution in [0.1, 0.15) is 78.9 Å². The summed E-state index contributed by atoms with van der Waals surface area (Å²) in [5.74, 6) is 0.0631. The third-order valence-corrected chi connectivity index (χ3v) is 11.7. The molecule has 0 radical (unpaired) electrons. The van der Waals surface area contributed by atoms with Gasteiger partial charge in [0.15, 0.2) is 14.0 Å². The Morgan fingerprint density at radius 1 is 1.12 bits per heavy atom. The average Bonchev–Trinajstić information content (AvgIpc) is 3.31. The number of nitrogens with one attached hydrogen (secondary N) is 1. The maximum Gasteiger partial charge on any atom is 0.416 e. The number of rotatable bonds is 10. The molecule has 0 aliphatic carbocycles. The third-order valence-electron chi connectivity index (χ3n) is 7.21. The molecule has 0 aliphatic rings. The van der Waals surface area contributed by atoms with E-state index in [9.17, 15) is 4.79 Å². The van der Waals surface area contributed by atoms with Crippen LogP contribution in [-0.2, 0) is 15.7 Å². The van der Waals surface area contributed by atoms with Gasteiger partial charge in [-0.05, 0) is 75.0 Å². The Hall–Kier alpha value is -2.98. The van der Waals surface area contributed by atoms with Crippen molar-refractivity contribution < 1.29 is 18.3 Å². The van der Waals surface area contributed by atoms with Crippen LogP contribution < -0.4 is 10.2 Å². The summed E-state index contributed by atoms with van der Waals surface area (Å²) in [4.78, 5) is 19.1. The van der Waals surface area contributed by atoms with Crippen molar-refractivity contribution in [2.24, 2.45) is 0 Å². The van der Waals surface area contributed by atoms with E-state index in [1.807, 2.05) is 19.9 Å². The van der Waals surface area contributed by atoms with Crippen LogP contribution in [0.2, 0.25) is 18.1 Å². The third kappa shape index (κ3) is 7.81. The molecule has 1 amide bonds. The quantitative estimate of drug-likeness (QED) is 0.198. The number of ether oxygens (including phenoxy) is 1. The van der Waals surface area contributed by atoms with Crippen molar-refractivity contribution in [3.63, 3.8) is 0 Å². The van der Waals surface area contributed by atoms with Crippen LogP contribution in [0.4, 0.5) is 20.7 Å². The summed E-state index contributed by atoms with van der Waals surface area (Å²) in [6.07, 6.45) is 3.44. The number of carbonyl (C=O) groups excluding carboxylic acids is 1. The van der Waals surface area contributed by atoms with Crippen molar-refractivity contribution in [3.8, 4) is 0 Å². The van der Waals surface area contributed by atoms with E-state index in [2.05, 4.69) is 49.3 Å². The molecule has 10 heteroatoms. The zero-order valence-corrected chi connectivity index (χ0v) is 26.8. The van der Waals surface area contributed by atoms with Crippen LogP contribution >= 0.6 is 0 Å². The molecule has 0 saturated heterocycles. The number of nitrogens with zero attached hydrogens (tertiary/aromatic N) is 4. The van der Waals surface area contributed by atoms with Gasteiger partial charge in [-0.25, -0.2) is 14.2 Å². The summed E-state index contributed by atoms with van der Waals surface area (Å²) in [5, 5.41) is 7.93. The molecular weight excluding hydrogens is 525 g/mol. The number of carbonyl (C=O) groups is 1. The number of fused-ring (bicyclic) bond motifs is 1. The highest BCUT2D eigenvalue weighted by Crippen LogP contribution is 2.36. The molecule has 0 unspecified atom stereocenters. The van der Waals surface area contributed by atoms with Gasteiger partial charge in [0, 0.05) is 36.7 Å². The number of hydrogen-bond donors (Lipinski definition) is 1. The van der Waals surface area contributed by atoms with E-state index in [0.717, 1.165) is 12.1 Å². The maximum atomic E-state index is 15.9. The summed E-state index contributed by atoms with van der Waals surface area (Å²) in [5.41, 5.74) is 1.61. The molecule has 0 aliphatic heterocycles. The first kappa shape index (κ1) is 31.5. The number of aromatic nitrogens is 3. The highest BCUT2D eigenvalue weighted by atomic mass is 28.4. The molecule has 0 fully saturated rings. The fourth-order valence-corrected chi connectivity index (χ4v) is 5.03. The number of benzene rings is 1. The van der Waals surface area contributed by atoms with Crippen molar-refractivity contribution in [1.82, 2.24) is 14.6 Å². The van der Waals surface area contributed by atoms with E-state index in [4.69, 9.17) is 9.16 Å². The molecular formula is C30H46FN5O3Si. The highest BCUT2D eigenvalue weighted by Gasteiger charge is 2.36. The Bertz CT molecular complexity index is 1310. The second kappa shape index (κ2) is 12.3. The van der Waals surface area contributed by atoms with E-state index in [1.165, 1.54) is 4.90 Å². The smallest absolute Gasteiger partial charge is 0.416 e.